The van der Waals surface area contributed by atoms with Crippen LogP contribution in [0, 0.1) is 36.0 Å². The molecule has 13 rings (SSSR count). The Morgan fingerprint density at radius 3 is 1.62 bits per heavy atom. The third-order valence-electron chi connectivity index (χ3n) is 18.2. The van der Waals surface area contributed by atoms with Crippen LogP contribution in [0.15, 0.2) is 85.5 Å². The van der Waals surface area contributed by atoms with Crippen LogP contribution in [0.25, 0.3) is 0 Å². The number of nitrogens with one attached hydrogen (secondary N) is 3. The predicted octanol–water partition coefficient (Wildman–Crippen LogP) is 11.0. The Hall–Kier alpha value is -10.5. The molecule has 4 fully saturated rings. The summed E-state index contributed by atoms with van der Waals surface area (Å²) in [4.78, 5) is 129. The van der Waals surface area contributed by atoms with Gasteiger partial charge in [0.1, 0.15) is 46.5 Å². The van der Waals surface area contributed by atoms with E-state index in [-0.39, 0.29) is 82.8 Å². The number of alkyl halides is 8. The molecule has 0 spiro atoms. The lowest BCUT2D eigenvalue weighted by atomic mass is 10.0. The normalized spacial score (nSPS) is 20.0. The number of rotatable bonds is 16. The number of terminal acetylenes is 1. The van der Waals surface area contributed by atoms with Crippen molar-refractivity contribution in [2.45, 2.75) is 115 Å². The van der Waals surface area contributed by atoms with Crippen molar-refractivity contribution in [3.8, 4) is 18.2 Å². The first kappa shape index (κ1) is 70.8. The van der Waals surface area contributed by atoms with Crippen molar-refractivity contribution in [2.75, 3.05) is 91.7 Å². The number of Topliss-reactive ketones (excluding diaryl/α,β-unsaturated/α-hetero) is 4. The Balaban J connectivity index is 0.000000152. The first-order chi connectivity index (χ1) is 47.3. The van der Waals surface area contributed by atoms with Crippen LogP contribution in [-0.4, -0.2) is 159 Å². The molecule has 526 valence electrons. The number of nitrogens with two attached hydrogens (primary N) is 1. The molecule has 1 saturated carbocycles. The van der Waals surface area contributed by atoms with E-state index in [1.54, 1.807) is 36.4 Å². The van der Waals surface area contributed by atoms with E-state index in [0.717, 1.165) is 32.5 Å². The van der Waals surface area contributed by atoms with E-state index >= 15 is 0 Å². The van der Waals surface area contributed by atoms with E-state index in [9.17, 15) is 68.7 Å². The fourth-order valence-corrected chi connectivity index (χ4v) is 12.6. The largest absolute Gasteiger partial charge is 0.481 e. The van der Waals surface area contributed by atoms with Crippen molar-refractivity contribution in [1.82, 2.24) is 34.9 Å². The first-order valence-corrected chi connectivity index (χ1v) is 32.1. The molecule has 100 heavy (non-hydrogen) atoms. The highest BCUT2D eigenvalue weighted by Gasteiger charge is 2.57. The van der Waals surface area contributed by atoms with Gasteiger partial charge in [-0.25, -0.2) is 58.1 Å². The SMILES string of the molecule is C#Cc1ccnc(NC(=O)N2c3nc(C(=O)C[C@H](C)C(F)(F)F)ccc3N3CC[C@@]2(N)C3)c1.CC(C)CC(=O)c1ccnc(NC(=O)N2c3nc(C(=O)C[C@H](C)C(F)(F)F)ccc3N3CC[C@H]2C3)c1.COc1cc(NC(=O)N2c3nc(C(=O)C[C@@H]4CC4(F)F)ccc3N3CC[C@H]2C3)ncn1. The average molecular weight is 1390 g/mol. The van der Waals surface area contributed by atoms with Gasteiger partial charge in [0.25, 0.3) is 5.92 Å². The second-order valence-corrected chi connectivity index (χ2v) is 25.9. The van der Waals surface area contributed by atoms with Crippen LogP contribution in [0.5, 0.6) is 5.88 Å². The predicted molar refractivity (Wildman–Crippen MR) is 351 cm³/mol. The smallest absolute Gasteiger partial charge is 0.391 e. The molecule has 6 aromatic rings. The fraction of sp³-hybridized carbons (Fsp3) is 0.433. The maximum absolute atomic E-state index is 13.4. The van der Waals surface area contributed by atoms with Gasteiger partial charge >= 0.3 is 30.4 Å². The lowest BCUT2D eigenvalue weighted by Crippen LogP contribution is -2.63. The summed E-state index contributed by atoms with van der Waals surface area (Å²) in [6.07, 6.45) is 0.789. The zero-order valence-corrected chi connectivity index (χ0v) is 54.7. The summed E-state index contributed by atoms with van der Waals surface area (Å²) in [5, 5.41) is 8.09. The number of aromatic nitrogens is 7. The van der Waals surface area contributed by atoms with E-state index in [1.807, 2.05) is 23.6 Å². The number of ether oxygens (including phenoxy) is 1. The lowest BCUT2D eigenvalue weighted by Gasteiger charge is -2.42. The van der Waals surface area contributed by atoms with Gasteiger partial charge in [0.2, 0.25) is 5.88 Å². The molecule has 0 radical (unpaired) electrons. The van der Waals surface area contributed by atoms with Crippen LogP contribution >= 0.6 is 0 Å². The van der Waals surface area contributed by atoms with Crippen LogP contribution in [0.1, 0.15) is 126 Å². The van der Waals surface area contributed by atoms with Gasteiger partial charge < -0.3 is 25.2 Å². The van der Waals surface area contributed by atoms with Gasteiger partial charge in [-0.2, -0.15) is 26.3 Å². The molecule has 6 amide bonds. The number of methoxy groups -OCH3 is 1. The number of fused-ring (bicyclic) bond motifs is 12. The molecule has 25 nitrogen and oxygen atoms in total. The number of urea groups is 3. The Labute approximate surface area is 567 Å². The number of ketones is 4. The van der Waals surface area contributed by atoms with E-state index in [4.69, 9.17) is 16.9 Å². The topological polar surface area (TPSA) is 300 Å². The quantitative estimate of drug-likeness (QED) is 0.0398. The van der Waals surface area contributed by atoms with Gasteiger partial charge in [0, 0.05) is 107 Å². The van der Waals surface area contributed by atoms with Crippen molar-refractivity contribution >= 4 is 93.2 Å². The van der Waals surface area contributed by atoms with Crippen LogP contribution in [0.4, 0.5) is 101 Å². The summed E-state index contributed by atoms with van der Waals surface area (Å²) in [5.74, 6) is -5.06. The molecule has 7 aliphatic rings. The lowest BCUT2D eigenvalue weighted by molar-refractivity contribution is -0.169. The zero-order chi connectivity index (χ0) is 71.9. The molecule has 33 heteroatoms. The third-order valence-corrected chi connectivity index (χ3v) is 18.2. The Morgan fingerprint density at radius 2 is 1.11 bits per heavy atom. The van der Waals surface area contributed by atoms with Crippen LogP contribution in [-0.2, 0) is 0 Å². The highest BCUT2D eigenvalue weighted by atomic mass is 19.4. The molecular weight excluding hydrogens is 1320 g/mol. The van der Waals surface area contributed by atoms with Gasteiger partial charge in [0.15, 0.2) is 40.6 Å². The maximum atomic E-state index is 13.4. The molecule has 5 N–H and O–H groups in total. The Kier molecular flexibility index (Phi) is 19.8. The van der Waals surface area contributed by atoms with E-state index in [1.165, 1.54) is 70.9 Å². The second kappa shape index (κ2) is 28.0. The van der Waals surface area contributed by atoms with Crippen molar-refractivity contribution < 1.29 is 73.4 Å². The van der Waals surface area contributed by atoms with Gasteiger partial charge in [-0.15, -0.1) is 6.42 Å². The first-order valence-electron chi connectivity index (χ1n) is 32.1. The standard InChI is InChI=1S/C25H28F3N5O3.C22H21F3N6O2.C20H20F2N6O3/c1-14(2)10-20(34)16-6-8-29-22(12-16)31-24(36)33-17-7-9-32(13-17)19-5-4-18(30-23(19)33)21(35)11-15(3)25(26,27)28;1-3-14-6-8-27-18(11-14)29-20(33)31-19-16(30-9-7-21(31,26)12-30)5-4-15(28-19)17(32)10-13(2)22(23,24)25;1-31-17-7-16(23-10-24-17)26-19(30)28-12-4-5-27(9-12)14-3-2-13(25-18(14)28)15(29)6-11-8-20(11,21)22/h4-6,8,12,14-15,17H,7,9-11,13H2,1-3H3,(H,29,31,36);1,4-6,8,11,13H,7,9-10,12,26H2,2H3,(H,27,29,33);2-3,7,10-12H,4-6,8-9H2,1H3,(H,23,24,26,30)/t15-,17-;13-,21-;11-,12+/m001/s1. The minimum absolute atomic E-state index is 0.0597. The molecule has 1 aliphatic carbocycles. The average Bonchev–Trinajstić information content (AvgIpc) is 1.53. The number of hydrogen-bond donors (Lipinski definition) is 4. The van der Waals surface area contributed by atoms with Crippen molar-refractivity contribution in [2.24, 2.45) is 29.4 Å². The summed E-state index contributed by atoms with van der Waals surface area (Å²) in [7, 11) is 1.46. The summed E-state index contributed by atoms with van der Waals surface area (Å²) in [5.41, 5.74) is 8.09. The number of anilines is 9. The molecule has 12 heterocycles. The fourth-order valence-electron chi connectivity index (χ4n) is 12.6. The number of carbonyl (C=O) groups excluding carboxylic acids is 7. The van der Waals surface area contributed by atoms with Crippen molar-refractivity contribution in [3.05, 3.63) is 114 Å². The molecular formula is C67H69F8N17O8. The minimum Gasteiger partial charge on any atom is -0.481 e. The van der Waals surface area contributed by atoms with E-state index in [2.05, 4.69) is 61.7 Å². The highest BCUT2D eigenvalue weighted by molar-refractivity contribution is 6.08. The molecule has 6 aliphatic heterocycles. The number of halogens is 8. The third kappa shape index (κ3) is 15.3. The number of amides is 6. The number of hydrogen-bond acceptors (Lipinski definition) is 19. The van der Waals surface area contributed by atoms with Crippen LogP contribution in [0.2, 0.25) is 0 Å². The molecule has 0 unspecified atom stereocenters. The van der Waals surface area contributed by atoms with Gasteiger partial charge in [0.05, 0.1) is 54.6 Å². The van der Waals surface area contributed by atoms with Crippen LogP contribution < -0.4 is 55.8 Å². The number of pyridine rings is 5. The molecule has 0 aromatic carbocycles. The van der Waals surface area contributed by atoms with Crippen LogP contribution in [0.3, 0.4) is 0 Å². The maximum Gasteiger partial charge on any atom is 0.391 e. The van der Waals surface area contributed by atoms with E-state index < -0.39 is 90.0 Å². The summed E-state index contributed by atoms with van der Waals surface area (Å²) >= 11 is 0. The second-order valence-electron chi connectivity index (χ2n) is 25.9. The minimum atomic E-state index is -4.50. The van der Waals surface area contributed by atoms with Crippen molar-refractivity contribution in [1.29, 1.82) is 0 Å². The van der Waals surface area contributed by atoms with Gasteiger partial charge in [-0.1, -0.05) is 33.6 Å². The zero-order valence-electron chi connectivity index (χ0n) is 54.7. The molecule has 6 aromatic heterocycles. The Bertz CT molecular complexity index is 4250. The monoisotopic (exact) mass is 1390 g/mol. The summed E-state index contributed by atoms with van der Waals surface area (Å²) < 4.78 is 109. The van der Waals surface area contributed by atoms with Gasteiger partial charge in [-0.3, -0.25) is 49.8 Å². The van der Waals surface area contributed by atoms with E-state index in [0.29, 0.717) is 86.2 Å². The summed E-state index contributed by atoms with van der Waals surface area (Å²) in [6.45, 7) is 9.32. The molecule has 6 atom stereocenters. The molecule has 6 bridgehead atoms. The highest BCUT2D eigenvalue weighted by Crippen LogP contribution is 2.51. The summed E-state index contributed by atoms with van der Waals surface area (Å²) in [6, 6.07) is 15.0. The Morgan fingerprint density at radius 1 is 0.620 bits per heavy atom. The van der Waals surface area contributed by atoms with Crippen molar-refractivity contribution in [3.63, 3.8) is 0 Å². The number of nitrogens with zero attached hydrogens (tertiary/aromatic N) is 13. The number of carbonyl (C=O) groups is 7. The van der Waals surface area contributed by atoms with Gasteiger partial charge in [-0.05, 0) is 79.4 Å². The molecule has 3 saturated heterocycles.